The zero-order valence-electron chi connectivity index (χ0n) is 5.47. The van der Waals surface area contributed by atoms with Crippen LogP contribution in [0, 0.1) is 0 Å². The molecule has 1 aliphatic rings. The van der Waals surface area contributed by atoms with E-state index in [1.54, 1.807) is 11.1 Å². The number of amides is 1. The Hall–Kier alpha value is -0.232. The molecule has 1 aliphatic heterocycles. The molecule has 1 heterocycles. The van der Waals surface area contributed by atoms with Crippen molar-refractivity contribution in [2.24, 2.45) is 0 Å². The zero-order valence-corrected chi connectivity index (χ0v) is 8.44. The summed E-state index contributed by atoms with van der Waals surface area (Å²) >= 11 is 0. The number of carbonyl (C=O) groups excluding carboxylic acids is 1. The van der Waals surface area contributed by atoms with Crippen molar-refractivity contribution in [1.82, 2.24) is 4.90 Å². The molecule has 1 unspecified atom stereocenters. The van der Waals surface area contributed by atoms with E-state index in [0.29, 0.717) is 6.42 Å². The first-order chi connectivity index (χ1) is 3.84. The zero-order chi connectivity index (χ0) is 5.98. The summed E-state index contributed by atoms with van der Waals surface area (Å²) in [5.41, 5.74) is 0. The third-order valence-corrected chi connectivity index (χ3v) is 1.33. The average Bonchev–Trinajstić information content (AvgIpc) is 2.14. The summed E-state index contributed by atoms with van der Waals surface area (Å²) in [6.07, 6.45) is 3.28. The fourth-order valence-corrected chi connectivity index (χ4v) is 0.862. The van der Waals surface area contributed by atoms with Gasteiger partial charge in [0.1, 0.15) is 0 Å². The van der Waals surface area contributed by atoms with Crippen molar-refractivity contribution in [2.75, 3.05) is 6.54 Å². The van der Waals surface area contributed by atoms with E-state index in [0.717, 1.165) is 13.0 Å². The Kier molecular flexibility index (Phi) is 3.63. The topological polar surface area (TPSA) is 20.3 Å². The minimum absolute atomic E-state index is 0. The van der Waals surface area contributed by atoms with Crippen molar-refractivity contribution in [2.45, 2.75) is 12.8 Å². The van der Waals surface area contributed by atoms with Gasteiger partial charge in [0.15, 0.2) is 0 Å². The van der Waals surface area contributed by atoms with Crippen LogP contribution < -0.4 is 0 Å². The summed E-state index contributed by atoms with van der Waals surface area (Å²) in [6, 6.07) is 0. The summed E-state index contributed by atoms with van der Waals surface area (Å²) in [6.45, 7) is 4.36. The van der Waals surface area contributed by atoms with Crippen molar-refractivity contribution in [1.29, 1.82) is 0 Å². The molecule has 1 amide bonds. The molecule has 9 heavy (non-hydrogen) atoms. The molecule has 1 fully saturated rings. The quantitative estimate of drug-likeness (QED) is 0.512. The number of carbonyl (C=O) groups is 1. The Bertz CT molecular complexity index is 124. The molecular weight excluding hydrogens is 177 g/mol. The Balaban J connectivity index is 0.000000640. The predicted octanol–water partition coefficient (Wildman–Crippen LogP) is -0.432. The molecule has 1 atom stereocenters. The van der Waals surface area contributed by atoms with Gasteiger partial charge in [-0.05, 0) is 12.6 Å². The third kappa shape index (κ3) is 1.87. The molecule has 3 heteroatoms. The number of likely N-dealkylation sites (tertiary alicyclic amines) is 1. The average molecular weight is 189 g/mol. The Morgan fingerprint density at radius 3 is 2.56 bits per heavy atom. The fraction of sp³-hybridized carbons (Fsp3) is 0.500. The van der Waals surface area contributed by atoms with Crippen LogP contribution in [0.25, 0.3) is 0 Å². The second-order valence-electron chi connectivity index (χ2n) is 1.87. The predicted molar refractivity (Wildman–Crippen MR) is 41.1 cm³/mol. The van der Waals surface area contributed by atoms with Crippen LogP contribution in [0.2, 0.25) is 0 Å². The maximum absolute atomic E-state index is 10.7. The summed E-state index contributed by atoms with van der Waals surface area (Å²) in [4.78, 5) is 12.3. The molecule has 0 aromatic rings. The van der Waals surface area contributed by atoms with Crippen LogP contribution in [0.3, 0.4) is 0 Å². The Morgan fingerprint density at radius 1 is 1.67 bits per heavy atom. The van der Waals surface area contributed by atoms with Crippen molar-refractivity contribution >= 4 is 23.9 Å². The summed E-state index contributed by atoms with van der Waals surface area (Å²) in [5, 5.41) is 0. The van der Waals surface area contributed by atoms with Crippen LogP contribution >= 0.6 is 0 Å². The van der Waals surface area contributed by atoms with E-state index in [1.807, 2.05) is 0 Å². The van der Waals surface area contributed by atoms with Gasteiger partial charge in [0.25, 0.3) is 0 Å². The third-order valence-electron chi connectivity index (χ3n) is 1.33. The second-order valence-corrected chi connectivity index (χ2v) is 1.87. The monoisotopic (exact) mass is 189 g/mol. The number of hydrogen-bond acceptors (Lipinski definition) is 1. The molecule has 0 radical (unpaired) electrons. The number of hydrogen-bond donors (Lipinski definition) is 0. The van der Waals surface area contributed by atoms with E-state index in [1.165, 1.54) is 0 Å². The van der Waals surface area contributed by atoms with Gasteiger partial charge < -0.3 is 4.90 Å². The summed E-state index contributed by atoms with van der Waals surface area (Å²) in [5.74, 6) is 0.208. The van der Waals surface area contributed by atoms with Crippen molar-refractivity contribution < 1.29 is 4.79 Å². The van der Waals surface area contributed by atoms with Crippen LogP contribution in [0.1, 0.15) is 12.8 Å². The van der Waals surface area contributed by atoms with Gasteiger partial charge in [-0.1, -0.05) is 6.58 Å². The van der Waals surface area contributed by atoms with Gasteiger partial charge >= 0.3 is 18.0 Å². The van der Waals surface area contributed by atoms with Gasteiger partial charge in [-0.2, -0.15) is 0 Å². The van der Waals surface area contributed by atoms with Crippen LogP contribution in [-0.2, 0) is 4.79 Å². The van der Waals surface area contributed by atoms with E-state index in [2.05, 4.69) is 6.58 Å². The standard InChI is InChI=1S/C6H9NO.AsH3/c1-2-7-5-3-4-6(7)8;/h2H,1,3-5H2;1H3. The second kappa shape index (κ2) is 3.73. The van der Waals surface area contributed by atoms with Gasteiger partial charge in [-0.15, -0.1) is 0 Å². The fourth-order valence-electron chi connectivity index (χ4n) is 0.862. The van der Waals surface area contributed by atoms with E-state index < -0.39 is 0 Å². The molecule has 1 saturated heterocycles. The summed E-state index contributed by atoms with van der Waals surface area (Å²) < 4.78 is 0. The molecule has 0 spiro atoms. The molecule has 0 aromatic carbocycles. The molecule has 2 nitrogen and oxygen atoms in total. The van der Waals surface area contributed by atoms with Crippen molar-refractivity contribution in [3.8, 4) is 0 Å². The molecular formula is C6H12AsNO. The van der Waals surface area contributed by atoms with E-state index in [9.17, 15) is 4.79 Å². The van der Waals surface area contributed by atoms with Crippen LogP contribution in [0.5, 0.6) is 0 Å². The van der Waals surface area contributed by atoms with Gasteiger partial charge in [0.2, 0.25) is 5.91 Å². The first-order valence-electron chi connectivity index (χ1n) is 2.76. The Labute approximate surface area is 66.2 Å². The summed E-state index contributed by atoms with van der Waals surface area (Å²) in [7, 11) is 0. The van der Waals surface area contributed by atoms with Crippen LogP contribution in [-0.4, -0.2) is 35.3 Å². The normalized spacial score (nSPS) is 17.3. The molecule has 0 bridgehead atoms. The van der Waals surface area contributed by atoms with Gasteiger partial charge in [0, 0.05) is 13.0 Å². The van der Waals surface area contributed by atoms with E-state index >= 15 is 0 Å². The van der Waals surface area contributed by atoms with Gasteiger partial charge in [-0.3, -0.25) is 4.79 Å². The van der Waals surface area contributed by atoms with Crippen molar-refractivity contribution in [3.05, 3.63) is 12.8 Å². The molecule has 0 N–H and O–H groups in total. The van der Waals surface area contributed by atoms with Gasteiger partial charge in [-0.25, -0.2) is 0 Å². The maximum atomic E-state index is 10.7. The first kappa shape index (κ1) is 8.77. The molecule has 0 aromatic heterocycles. The molecule has 0 aliphatic carbocycles. The SMILES string of the molecule is C=CN1CCCC1=O.[AsH3]. The van der Waals surface area contributed by atoms with Crippen molar-refractivity contribution in [3.63, 3.8) is 0 Å². The molecule has 1 rings (SSSR count). The van der Waals surface area contributed by atoms with Crippen LogP contribution in [0.15, 0.2) is 12.8 Å². The minimum atomic E-state index is 0. The van der Waals surface area contributed by atoms with E-state index in [4.69, 9.17) is 0 Å². The van der Waals surface area contributed by atoms with E-state index in [-0.39, 0.29) is 23.9 Å². The molecule has 52 valence electrons. The Morgan fingerprint density at radius 2 is 2.33 bits per heavy atom. The van der Waals surface area contributed by atoms with Gasteiger partial charge in [0.05, 0.1) is 0 Å². The van der Waals surface area contributed by atoms with Crippen LogP contribution in [0.4, 0.5) is 0 Å². The first-order valence-corrected chi connectivity index (χ1v) is 2.76. The number of nitrogens with zero attached hydrogens (tertiary/aromatic N) is 1. The number of rotatable bonds is 1. The molecule has 0 saturated carbocycles.